The van der Waals surface area contributed by atoms with Crippen LogP contribution < -0.4 is 10.6 Å². The quantitative estimate of drug-likeness (QED) is 0.496. The molecule has 2 aromatic rings. The Balaban J connectivity index is 1.16. The van der Waals surface area contributed by atoms with Gasteiger partial charge in [-0.15, -0.1) is 0 Å². The molecule has 0 aliphatic heterocycles. The Morgan fingerprint density at radius 1 is 0.971 bits per heavy atom. The molecule has 184 valence electrons. The number of fused-ring (bicyclic) bond motifs is 3. The van der Waals surface area contributed by atoms with Gasteiger partial charge < -0.3 is 20.5 Å². The van der Waals surface area contributed by atoms with Gasteiger partial charge in [0.15, 0.2) is 0 Å². The lowest BCUT2D eigenvalue weighted by Crippen LogP contribution is -2.45. The Labute approximate surface area is 205 Å². The Kier molecular flexibility index (Phi) is 6.50. The normalized spacial score (nSPS) is 18.9. The first-order valence-electron chi connectivity index (χ1n) is 12.6. The van der Waals surface area contributed by atoms with Crippen LogP contribution in [0.1, 0.15) is 62.0 Å². The third kappa shape index (κ3) is 4.90. The smallest absolute Gasteiger partial charge is 0.407 e. The van der Waals surface area contributed by atoms with Crippen LogP contribution in [0.3, 0.4) is 0 Å². The molecule has 35 heavy (non-hydrogen) atoms. The van der Waals surface area contributed by atoms with Crippen LogP contribution in [0, 0.1) is 11.3 Å². The summed E-state index contributed by atoms with van der Waals surface area (Å²) in [4.78, 5) is 37.1. The molecule has 0 radical (unpaired) electrons. The van der Waals surface area contributed by atoms with Crippen LogP contribution in [0.5, 0.6) is 0 Å². The van der Waals surface area contributed by atoms with Gasteiger partial charge in [-0.25, -0.2) is 4.79 Å². The molecular formula is C28H32N2O5. The van der Waals surface area contributed by atoms with E-state index in [0.717, 1.165) is 36.8 Å². The summed E-state index contributed by atoms with van der Waals surface area (Å²) in [5.41, 5.74) is 3.79. The zero-order chi connectivity index (χ0) is 24.4. The van der Waals surface area contributed by atoms with Gasteiger partial charge in [0.25, 0.3) is 0 Å². The van der Waals surface area contributed by atoms with Crippen molar-refractivity contribution >= 4 is 18.0 Å². The van der Waals surface area contributed by atoms with Crippen molar-refractivity contribution in [3.63, 3.8) is 0 Å². The Bertz CT molecular complexity index is 1070. The van der Waals surface area contributed by atoms with Gasteiger partial charge in [0, 0.05) is 24.9 Å². The third-order valence-corrected chi connectivity index (χ3v) is 7.88. The Morgan fingerprint density at radius 3 is 2.14 bits per heavy atom. The lowest BCUT2D eigenvalue weighted by molar-refractivity contribution is -0.148. The number of ether oxygens (including phenoxy) is 1. The van der Waals surface area contributed by atoms with Crippen LogP contribution >= 0.6 is 0 Å². The van der Waals surface area contributed by atoms with E-state index in [-0.39, 0.29) is 43.4 Å². The average molecular weight is 477 g/mol. The van der Waals surface area contributed by atoms with Gasteiger partial charge in [-0.2, -0.15) is 0 Å². The van der Waals surface area contributed by atoms with E-state index in [1.807, 2.05) is 24.3 Å². The van der Waals surface area contributed by atoms with E-state index in [4.69, 9.17) is 4.74 Å². The van der Waals surface area contributed by atoms with Crippen LogP contribution in [0.25, 0.3) is 11.1 Å². The van der Waals surface area contributed by atoms with Gasteiger partial charge in [-0.1, -0.05) is 61.4 Å². The summed E-state index contributed by atoms with van der Waals surface area (Å²) in [6.45, 7) is 0.369. The molecule has 0 aromatic heterocycles. The van der Waals surface area contributed by atoms with Gasteiger partial charge in [-0.05, 0) is 53.9 Å². The van der Waals surface area contributed by atoms with Crippen LogP contribution in [0.15, 0.2) is 48.5 Å². The number of carboxylic acid groups (broad SMARTS) is 1. The zero-order valence-electron chi connectivity index (χ0n) is 19.8. The number of carbonyl (C=O) groups excluding carboxylic acids is 2. The molecule has 5 rings (SSSR count). The Hall–Kier alpha value is -3.35. The van der Waals surface area contributed by atoms with E-state index in [2.05, 4.69) is 34.9 Å². The van der Waals surface area contributed by atoms with Crippen molar-refractivity contribution in [1.82, 2.24) is 10.6 Å². The van der Waals surface area contributed by atoms with Gasteiger partial charge in [0.1, 0.15) is 6.61 Å². The van der Waals surface area contributed by atoms with Crippen LogP contribution in [0.2, 0.25) is 0 Å². The average Bonchev–Trinajstić information content (AvgIpc) is 3.50. The van der Waals surface area contributed by atoms with Gasteiger partial charge in [0.05, 0.1) is 5.41 Å². The standard InChI is InChI=1S/C28H32N2O5/c31-25(29-17-28(26(32)33)13-5-6-14-28)15-24(18-11-12-18)30-27(34)35-16-23-21-9-3-1-7-19(21)20-8-2-4-10-22(20)23/h1-4,7-10,18,23-24H,5-6,11-17H2,(H,29,31)(H,30,34)(H,32,33). The number of alkyl carbamates (subject to hydrolysis) is 1. The van der Waals surface area contributed by atoms with Crippen molar-refractivity contribution in [3.05, 3.63) is 59.7 Å². The number of carboxylic acids is 1. The molecular weight excluding hydrogens is 444 g/mol. The first-order valence-corrected chi connectivity index (χ1v) is 12.6. The molecule has 0 heterocycles. The van der Waals surface area contributed by atoms with Gasteiger partial charge >= 0.3 is 12.1 Å². The predicted octanol–water partition coefficient (Wildman–Crippen LogP) is 4.46. The van der Waals surface area contributed by atoms with E-state index in [0.29, 0.717) is 12.8 Å². The maximum Gasteiger partial charge on any atom is 0.407 e. The van der Waals surface area contributed by atoms with Gasteiger partial charge in [-0.3, -0.25) is 9.59 Å². The minimum Gasteiger partial charge on any atom is -0.481 e. The fourth-order valence-corrected chi connectivity index (χ4v) is 5.68. The molecule has 1 atom stereocenters. The number of benzene rings is 2. The highest BCUT2D eigenvalue weighted by atomic mass is 16.5. The molecule has 2 saturated carbocycles. The van der Waals surface area contributed by atoms with Crippen molar-refractivity contribution in [2.75, 3.05) is 13.2 Å². The van der Waals surface area contributed by atoms with Crippen molar-refractivity contribution in [3.8, 4) is 11.1 Å². The highest BCUT2D eigenvalue weighted by Gasteiger charge is 2.42. The predicted molar refractivity (Wildman–Crippen MR) is 131 cm³/mol. The highest BCUT2D eigenvalue weighted by molar-refractivity contribution is 5.81. The molecule has 2 aromatic carbocycles. The fourth-order valence-electron chi connectivity index (χ4n) is 5.68. The Morgan fingerprint density at radius 2 is 1.57 bits per heavy atom. The molecule has 0 spiro atoms. The molecule has 0 saturated heterocycles. The lowest BCUT2D eigenvalue weighted by atomic mass is 9.86. The summed E-state index contributed by atoms with van der Waals surface area (Å²) in [6, 6.07) is 16.1. The second-order valence-electron chi connectivity index (χ2n) is 10.2. The van der Waals surface area contributed by atoms with Crippen molar-refractivity contribution in [2.24, 2.45) is 11.3 Å². The van der Waals surface area contributed by atoms with Crippen LogP contribution in [-0.4, -0.2) is 42.3 Å². The van der Waals surface area contributed by atoms with E-state index in [1.165, 1.54) is 11.1 Å². The summed E-state index contributed by atoms with van der Waals surface area (Å²) in [6.07, 6.45) is 4.45. The number of aliphatic carboxylic acids is 1. The number of amides is 2. The molecule has 3 N–H and O–H groups in total. The van der Waals surface area contributed by atoms with E-state index >= 15 is 0 Å². The molecule has 7 heteroatoms. The zero-order valence-corrected chi connectivity index (χ0v) is 19.8. The number of hydrogen-bond acceptors (Lipinski definition) is 4. The van der Waals surface area contributed by atoms with E-state index < -0.39 is 17.5 Å². The molecule has 7 nitrogen and oxygen atoms in total. The van der Waals surface area contributed by atoms with E-state index in [9.17, 15) is 19.5 Å². The second kappa shape index (κ2) is 9.72. The first-order chi connectivity index (χ1) is 17.0. The molecule has 0 bridgehead atoms. The molecule has 2 fully saturated rings. The van der Waals surface area contributed by atoms with Crippen LogP contribution in [0.4, 0.5) is 4.79 Å². The van der Waals surface area contributed by atoms with Crippen LogP contribution in [-0.2, 0) is 14.3 Å². The van der Waals surface area contributed by atoms with Crippen molar-refractivity contribution < 1.29 is 24.2 Å². The summed E-state index contributed by atoms with van der Waals surface area (Å²) in [5.74, 6) is -0.838. The minimum atomic E-state index is -0.856. The summed E-state index contributed by atoms with van der Waals surface area (Å²) < 4.78 is 5.66. The summed E-state index contributed by atoms with van der Waals surface area (Å²) >= 11 is 0. The molecule has 1 unspecified atom stereocenters. The number of carbonyl (C=O) groups is 3. The largest absolute Gasteiger partial charge is 0.481 e. The lowest BCUT2D eigenvalue weighted by Gasteiger charge is -2.25. The third-order valence-electron chi connectivity index (χ3n) is 7.88. The number of nitrogens with one attached hydrogen (secondary N) is 2. The topological polar surface area (TPSA) is 105 Å². The molecule has 3 aliphatic carbocycles. The maximum absolute atomic E-state index is 12.7. The number of hydrogen-bond donors (Lipinski definition) is 3. The monoisotopic (exact) mass is 476 g/mol. The highest BCUT2D eigenvalue weighted by Crippen LogP contribution is 2.44. The molecule has 3 aliphatic rings. The summed E-state index contributed by atoms with van der Waals surface area (Å²) in [7, 11) is 0. The fraction of sp³-hybridized carbons (Fsp3) is 0.464. The van der Waals surface area contributed by atoms with E-state index in [1.54, 1.807) is 0 Å². The minimum absolute atomic E-state index is 0.0190. The molecule has 2 amide bonds. The van der Waals surface area contributed by atoms with Gasteiger partial charge in [0.2, 0.25) is 5.91 Å². The second-order valence-corrected chi connectivity index (χ2v) is 10.2. The SMILES string of the molecule is O=C(CC(NC(=O)OCC1c2ccccc2-c2ccccc21)C1CC1)NCC1(C(=O)O)CCCC1. The first kappa shape index (κ1) is 23.4. The summed E-state index contributed by atoms with van der Waals surface area (Å²) in [5, 5.41) is 15.3. The maximum atomic E-state index is 12.7. The van der Waals surface area contributed by atoms with Crippen molar-refractivity contribution in [1.29, 1.82) is 0 Å². The number of rotatable bonds is 9. The van der Waals surface area contributed by atoms with Crippen molar-refractivity contribution in [2.45, 2.75) is 56.9 Å².